The molecule has 0 saturated heterocycles. The summed E-state index contributed by atoms with van der Waals surface area (Å²) in [4.78, 5) is 0. The SMILES string of the molecule is CCc1ccc(CC(CCOCC(F)F)NC)cc1. The number of aryl methyl sites for hydroxylation is 1. The Morgan fingerprint density at radius 3 is 2.32 bits per heavy atom. The fourth-order valence-corrected chi connectivity index (χ4v) is 1.94. The molecule has 0 amide bonds. The molecule has 0 aromatic heterocycles. The standard InChI is InChI=1S/C15H23F2NO/c1-3-12-4-6-13(7-5-12)10-14(18-2)8-9-19-11-15(16)17/h4-7,14-15,18H,3,8-11H2,1-2H3. The van der Waals surface area contributed by atoms with E-state index in [-0.39, 0.29) is 6.04 Å². The van der Waals surface area contributed by atoms with Crippen molar-refractivity contribution in [3.05, 3.63) is 35.4 Å². The molecule has 0 aliphatic heterocycles. The molecule has 0 heterocycles. The normalized spacial score (nSPS) is 12.9. The van der Waals surface area contributed by atoms with Gasteiger partial charge in [0.1, 0.15) is 6.61 Å². The lowest BCUT2D eigenvalue weighted by atomic mass is 10.0. The van der Waals surface area contributed by atoms with Gasteiger partial charge in [0.15, 0.2) is 0 Å². The Bertz CT molecular complexity index is 341. The number of alkyl halides is 2. The molecule has 1 aromatic carbocycles. The van der Waals surface area contributed by atoms with Crippen molar-refractivity contribution in [3.8, 4) is 0 Å². The predicted molar refractivity (Wildman–Crippen MR) is 73.8 cm³/mol. The maximum Gasteiger partial charge on any atom is 0.261 e. The minimum atomic E-state index is -2.38. The van der Waals surface area contributed by atoms with Crippen LogP contribution in [0.3, 0.4) is 0 Å². The van der Waals surface area contributed by atoms with Crippen LogP contribution in [0.15, 0.2) is 24.3 Å². The first-order valence-corrected chi connectivity index (χ1v) is 6.76. The van der Waals surface area contributed by atoms with Gasteiger partial charge in [0.25, 0.3) is 6.43 Å². The van der Waals surface area contributed by atoms with Crippen molar-refractivity contribution in [3.63, 3.8) is 0 Å². The van der Waals surface area contributed by atoms with Gasteiger partial charge in [-0.1, -0.05) is 31.2 Å². The average Bonchev–Trinajstić information content (AvgIpc) is 2.42. The molecule has 0 spiro atoms. The summed E-state index contributed by atoms with van der Waals surface area (Å²) in [7, 11) is 1.89. The molecular weight excluding hydrogens is 248 g/mol. The molecule has 0 aliphatic carbocycles. The van der Waals surface area contributed by atoms with Crippen LogP contribution in [-0.4, -0.2) is 32.7 Å². The molecular formula is C15H23F2NO. The van der Waals surface area contributed by atoms with Gasteiger partial charge in [-0.15, -0.1) is 0 Å². The summed E-state index contributed by atoms with van der Waals surface area (Å²) in [5, 5.41) is 3.20. The molecule has 0 fully saturated rings. The number of hydrogen-bond donors (Lipinski definition) is 1. The fraction of sp³-hybridized carbons (Fsp3) is 0.600. The van der Waals surface area contributed by atoms with E-state index in [9.17, 15) is 8.78 Å². The van der Waals surface area contributed by atoms with Crippen molar-refractivity contribution in [2.75, 3.05) is 20.3 Å². The number of rotatable bonds is 9. The topological polar surface area (TPSA) is 21.3 Å². The summed E-state index contributed by atoms with van der Waals surface area (Å²) in [6.07, 6.45) is 0.281. The molecule has 1 atom stereocenters. The zero-order chi connectivity index (χ0) is 14.1. The van der Waals surface area contributed by atoms with Gasteiger partial charge in [0.05, 0.1) is 0 Å². The molecule has 0 saturated carbocycles. The maximum absolute atomic E-state index is 11.9. The largest absolute Gasteiger partial charge is 0.375 e. The maximum atomic E-state index is 11.9. The van der Waals surface area contributed by atoms with E-state index in [0.29, 0.717) is 6.61 Å². The summed E-state index contributed by atoms with van der Waals surface area (Å²) in [6, 6.07) is 8.78. The second kappa shape index (κ2) is 8.99. The van der Waals surface area contributed by atoms with Gasteiger partial charge in [-0.2, -0.15) is 0 Å². The molecule has 2 nitrogen and oxygen atoms in total. The van der Waals surface area contributed by atoms with E-state index in [0.717, 1.165) is 19.3 Å². The fourth-order valence-electron chi connectivity index (χ4n) is 1.94. The third-order valence-corrected chi connectivity index (χ3v) is 3.18. The number of nitrogens with one attached hydrogen (secondary N) is 1. The van der Waals surface area contributed by atoms with Crippen LogP contribution in [0.4, 0.5) is 8.78 Å². The van der Waals surface area contributed by atoms with E-state index in [1.165, 1.54) is 11.1 Å². The van der Waals surface area contributed by atoms with E-state index in [1.807, 2.05) is 7.05 Å². The summed E-state index contributed by atoms with van der Waals surface area (Å²) in [5.74, 6) is 0. The number of halogens is 2. The Hall–Kier alpha value is -1.00. The van der Waals surface area contributed by atoms with Crippen LogP contribution in [0.2, 0.25) is 0 Å². The molecule has 0 radical (unpaired) electrons. The third-order valence-electron chi connectivity index (χ3n) is 3.18. The van der Waals surface area contributed by atoms with Crippen LogP contribution < -0.4 is 5.32 Å². The molecule has 4 heteroatoms. The Labute approximate surface area is 114 Å². The van der Waals surface area contributed by atoms with Gasteiger partial charge < -0.3 is 10.1 Å². The Morgan fingerprint density at radius 1 is 1.16 bits per heavy atom. The molecule has 19 heavy (non-hydrogen) atoms. The van der Waals surface area contributed by atoms with E-state index in [2.05, 4.69) is 36.5 Å². The molecule has 1 N–H and O–H groups in total. The minimum Gasteiger partial charge on any atom is -0.375 e. The van der Waals surface area contributed by atoms with Crippen LogP contribution in [-0.2, 0) is 17.6 Å². The first kappa shape index (κ1) is 16.1. The quantitative estimate of drug-likeness (QED) is 0.697. The van der Waals surface area contributed by atoms with Crippen molar-refractivity contribution in [1.29, 1.82) is 0 Å². The first-order valence-electron chi connectivity index (χ1n) is 6.76. The van der Waals surface area contributed by atoms with Gasteiger partial charge in [-0.3, -0.25) is 0 Å². The Kier molecular flexibility index (Phi) is 7.60. The lowest BCUT2D eigenvalue weighted by Crippen LogP contribution is -2.29. The Morgan fingerprint density at radius 2 is 1.79 bits per heavy atom. The van der Waals surface area contributed by atoms with E-state index < -0.39 is 13.0 Å². The van der Waals surface area contributed by atoms with Crippen molar-refractivity contribution >= 4 is 0 Å². The van der Waals surface area contributed by atoms with Crippen LogP contribution in [0.1, 0.15) is 24.5 Å². The van der Waals surface area contributed by atoms with Crippen LogP contribution >= 0.6 is 0 Å². The summed E-state index contributed by atoms with van der Waals surface area (Å²) in [5.41, 5.74) is 2.58. The van der Waals surface area contributed by atoms with E-state index in [1.54, 1.807) is 0 Å². The van der Waals surface area contributed by atoms with Gasteiger partial charge in [-0.05, 0) is 37.4 Å². The lowest BCUT2D eigenvalue weighted by molar-refractivity contribution is 0.0146. The second-order valence-corrected chi connectivity index (χ2v) is 4.61. The number of likely N-dealkylation sites (N-methyl/N-ethyl adjacent to an activating group) is 1. The smallest absolute Gasteiger partial charge is 0.261 e. The third kappa shape index (κ3) is 6.64. The molecule has 108 valence electrons. The number of benzene rings is 1. The van der Waals surface area contributed by atoms with E-state index >= 15 is 0 Å². The highest BCUT2D eigenvalue weighted by Crippen LogP contribution is 2.09. The lowest BCUT2D eigenvalue weighted by Gasteiger charge is -2.16. The zero-order valence-electron chi connectivity index (χ0n) is 11.7. The summed E-state index contributed by atoms with van der Waals surface area (Å²) < 4.78 is 28.7. The highest BCUT2D eigenvalue weighted by Gasteiger charge is 2.08. The molecule has 0 bridgehead atoms. The highest BCUT2D eigenvalue weighted by molar-refractivity contribution is 5.23. The van der Waals surface area contributed by atoms with Gasteiger partial charge in [-0.25, -0.2) is 8.78 Å². The van der Waals surface area contributed by atoms with Gasteiger partial charge in [0.2, 0.25) is 0 Å². The zero-order valence-corrected chi connectivity index (χ0v) is 11.7. The van der Waals surface area contributed by atoms with Crippen LogP contribution in [0.5, 0.6) is 0 Å². The number of hydrogen-bond acceptors (Lipinski definition) is 2. The van der Waals surface area contributed by atoms with Crippen molar-refractivity contribution in [2.45, 2.75) is 38.7 Å². The van der Waals surface area contributed by atoms with Crippen molar-refractivity contribution in [2.24, 2.45) is 0 Å². The van der Waals surface area contributed by atoms with Gasteiger partial charge >= 0.3 is 0 Å². The molecule has 1 rings (SSSR count). The summed E-state index contributed by atoms with van der Waals surface area (Å²) >= 11 is 0. The van der Waals surface area contributed by atoms with E-state index in [4.69, 9.17) is 4.74 Å². The van der Waals surface area contributed by atoms with Crippen LogP contribution in [0.25, 0.3) is 0 Å². The van der Waals surface area contributed by atoms with Gasteiger partial charge in [0, 0.05) is 12.6 Å². The second-order valence-electron chi connectivity index (χ2n) is 4.61. The van der Waals surface area contributed by atoms with Crippen molar-refractivity contribution < 1.29 is 13.5 Å². The predicted octanol–water partition coefficient (Wildman–Crippen LogP) is 3.05. The Balaban J connectivity index is 2.34. The molecule has 1 unspecified atom stereocenters. The number of ether oxygens (including phenoxy) is 1. The van der Waals surface area contributed by atoms with Crippen molar-refractivity contribution in [1.82, 2.24) is 5.32 Å². The first-order chi connectivity index (χ1) is 9.15. The minimum absolute atomic E-state index is 0.255. The molecule has 0 aliphatic rings. The average molecular weight is 271 g/mol. The highest BCUT2D eigenvalue weighted by atomic mass is 19.3. The molecule has 1 aromatic rings. The summed E-state index contributed by atoms with van der Waals surface area (Å²) in [6.45, 7) is 2.02. The van der Waals surface area contributed by atoms with Crippen LogP contribution in [0, 0.1) is 0 Å². The monoisotopic (exact) mass is 271 g/mol.